The van der Waals surface area contributed by atoms with Crippen LogP contribution in [0.4, 0.5) is 0 Å². The predicted octanol–water partition coefficient (Wildman–Crippen LogP) is 2.42. The van der Waals surface area contributed by atoms with Crippen molar-refractivity contribution in [2.45, 2.75) is 32.9 Å². The Hall–Kier alpha value is -2.83. The fourth-order valence-corrected chi connectivity index (χ4v) is 2.75. The van der Waals surface area contributed by atoms with Crippen LogP contribution in [0.5, 0.6) is 5.75 Å². The van der Waals surface area contributed by atoms with E-state index < -0.39 is 11.6 Å². The van der Waals surface area contributed by atoms with Crippen LogP contribution in [0.3, 0.4) is 0 Å². The standard InChI is InChI=1S/C18H21N3O4/c1-18(2,3)25-17(23)15-14-9-20(4)16(22)12-8-11(24-5)6-7-13(12)21(14)10-19-15/h6-8,10H,9H2,1-5H3. The second-order valence-electron chi connectivity index (χ2n) is 6.96. The second kappa shape index (κ2) is 5.91. The van der Waals surface area contributed by atoms with Crippen molar-refractivity contribution in [3.05, 3.63) is 41.5 Å². The van der Waals surface area contributed by atoms with Crippen molar-refractivity contribution in [1.82, 2.24) is 14.5 Å². The molecule has 25 heavy (non-hydrogen) atoms. The monoisotopic (exact) mass is 343 g/mol. The number of hydrogen-bond acceptors (Lipinski definition) is 5. The number of nitrogens with zero attached hydrogens (tertiary/aromatic N) is 3. The molecule has 1 aliphatic rings. The Bertz CT molecular complexity index is 848. The van der Waals surface area contributed by atoms with E-state index in [1.165, 1.54) is 0 Å². The van der Waals surface area contributed by atoms with Crippen LogP contribution in [0.25, 0.3) is 5.69 Å². The van der Waals surface area contributed by atoms with Crippen LogP contribution in [0.1, 0.15) is 47.3 Å². The molecular weight excluding hydrogens is 322 g/mol. The third-order valence-corrected chi connectivity index (χ3v) is 3.89. The predicted molar refractivity (Wildman–Crippen MR) is 91.1 cm³/mol. The molecular formula is C18H21N3O4. The summed E-state index contributed by atoms with van der Waals surface area (Å²) in [5, 5.41) is 0. The van der Waals surface area contributed by atoms with Crippen LogP contribution < -0.4 is 4.74 Å². The highest BCUT2D eigenvalue weighted by molar-refractivity contribution is 5.99. The maximum Gasteiger partial charge on any atom is 0.359 e. The van der Waals surface area contributed by atoms with E-state index in [2.05, 4.69) is 4.98 Å². The molecule has 0 saturated heterocycles. The fraction of sp³-hybridized carbons (Fsp3) is 0.389. The highest BCUT2D eigenvalue weighted by Gasteiger charge is 2.30. The summed E-state index contributed by atoms with van der Waals surface area (Å²) in [7, 11) is 3.24. The normalized spacial score (nSPS) is 13.8. The largest absolute Gasteiger partial charge is 0.497 e. The number of carbonyl (C=O) groups excluding carboxylic acids is 2. The molecule has 0 unspecified atom stereocenters. The summed E-state index contributed by atoms with van der Waals surface area (Å²) < 4.78 is 12.4. The van der Waals surface area contributed by atoms with E-state index in [9.17, 15) is 9.59 Å². The number of rotatable bonds is 2. The zero-order valence-electron chi connectivity index (χ0n) is 15.0. The maximum absolute atomic E-state index is 12.7. The Labute approximate surface area is 146 Å². The number of hydrogen-bond donors (Lipinski definition) is 0. The van der Waals surface area contributed by atoms with E-state index in [1.807, 2.05) is 0 Å². The molecule has 1 amide bonds. The van der Waals surface area contributed by atoms with Gasteiger partial charge in [-0.25, -0.2) is 9.78 Å². The van der Waals surface area contributed by atoms with Gasteiger partial charge in [-0.1, -0.05) is 0 Å². The molecule has 1 aliphatic heterocycles. The molecule has 0 spiro atoms. The molecule has 0 saturated carbocycles. The summed E-state index contributed by atoms with van der Waals surface area (Å²) in [6.07, 6.45) is 1.55. The maximum atomic E-state index is 12.7. The smallest absolute Gasteiger partial charge is 0.359 e. The van der Waals surface area contributed by atoms with Crippen molar-refractivity contribution >= 4 is 11.9 Å². The van der Waals surface area contributed by atoms with Crippen molar-refractivity contribution in [1.29, 1.82) is 0 Å². The van der Waals surface area contributed by atoms with Gasteiger partial charge in [0.2, 0.25) is 0 Å². The number of benzene rings is 1. The lowest BCUT2D eigenvalue weighted by atomic mass is 10.1. The molecule has 0 N–H and O–H groups in total. The summed E-state index contributed by atoms with van der Waals surface area (Å²) in [6, 6.07) is 5.25. The molecule has 7 heteroatoms. The van der Waals surface area contributed by atoms with E-state index in [0.717, 1.165) is 0 Å². The molecule has 2 aromatic rings. The second-order valence-corrected chi connectivity index (χ2v) is 6.96. The molecule has 0 fully saturated rings. The zero-order chi connectivity index (χ0) is 18.4. The molecule has 2 heterocycles. The molecule has 0 aliphatic carbocycles. The number of ether oxygens (including phenoxy) is 2. The molecule has 0 radical (unpaired) electrons. The number of methoxy groups -OCH3 is 1. The highest BCUT2D eigenvalue weighted by atomic mass is 16.6. The highest BCUT2D eigenvalue weighted by Crippen LogP contribution is 2.29. The van der Waals surface area contributed by atoms with E-state index in [4.69, 9.17) is 9.47 Å². The quantitative estimate of drug-likeness (QED) is 0.783. The molecule has 3 rings (SSSR count). The Kier molecular flexibility index (Phi) is 4.02. The Morgan fingerprint density at radius 1 is 1.28 bits per heavy atom. The molecule has 132 valence electrons. The fourth-order valence-electron chi connectivity index (χ4n) is 2.75. The SMILES string of the molecule is COc1ccc2c(c1)C(=O)N(C)Cc1c(C(=O)OC(C)(C)C)ncn1-2. The van der Waals surface area contributed by atoms with Gasteiger partial charge in [0.1, 0.15) is 17.7 Å². The van der Waals surface area contributed by atoms with Gasteiger partial charge in [-0.3, -0.25) is 9.36 Å². The molecule has 0 bridgehead atoms. The van der Waals surface area contributed by atoms with Crippen molar-refractivity contribution in [2.24, 2.45) is 0 Å². The lowest BCUT2D eigenvalue weighted by molar-refractivity contribution is 0.00608. The van der Waals surface area contributed by atoms with Gasteiger partial charge in [0.05, 0.1) is 30.6 Å². The van der Waals surface area contributed by atoms with Gasteiger partial charge in [-0.15, -0.1) is 0 Å². The number of aromatic nitrogens is 2. The van der Waals surface area contributed by atoms with Crippen molar-refractivity contribution in [3.8, 4) is 11.4 Å². The topological polar surface area (TPSA) is 73.7 Å². The Morgan fingerprint density at radius 3 is 2.64 bits per heavy atom. The Balaban J connectivity index is 2.13. The minimum absolute atomic E-state index is 0.146. The van der Waals surface area contributed by atoms with Gasteiger partial charge in [0.25, 0.3) is 5.91 Å². The Morgan fingerprint density at radius 2 is 2.00 bits per heavy atom. The summed E-state index contributed by atoms with van der Waals surface area (Å²) in [6.45, 7) is 5.66. The van der Waals surface area contributed by atoms with Gasteiger partial charge in [-0.2, -0.15) is 0 Å². The van der Waals surface area contributed by atoms with E-state index in [1.54, 1.807) is 68.9 Å². The van der Waals surface area contributed by atoms with Crippen molar-refractivity contribution in [2.75, 3.05) is 14.2 Å². The van der Waals surface area contributed by atoms with Gasteiger partial charge < -0.3 is 14.4 Å². The van der Waals surface area contributed by atoms with Gasteiger partial charge in [-0.05, 0) is 39.0 Å². The van der Waals surface area contributed by atoms with Crippen LogP contribution in [-0.2, 0) is 11.3 Å². The average Bonchev–Trinajstić information content (AvgIpc) is 2.91. The summed E-state index contributed by atoms with van der Waals surface area (Å²) in [5.41, 5.74) is 1.37. The first kappa shape index (κ1) is 17.0. The molecule has 0 atom stereocenters. The van der Waals surface area contributed by atoms with Crippen LogP contribution in [-0.4, -0.2) is 46.1 Å². The van der Waals surface area contributed by atoms with Gasteiger partial charge >= 0.3 is 5.97 Å². The number of fused-ring (bicyclic) bond motifs is 3. The number of carbonyl (C=O) groups is 2. The molecule has 1 aromatic heterocycles. The zero-order valence-corrected chi connectivity index (χ0v) is 15.0. The summed E-state index contributed by atoms with van der Waals surface area (Å²) in [5.74, 6) is -0.0526. The first-order valence-corrected chi connectivity index (χ1v) is 7.94. The third-order valence-electron chi connectivity index (χ3n) is 3.89. The van der Waals surface area contributed by atoms with Gasteiger partial charge in [0.15, 0.2) is 5.69 Å². The number of amides is 1. The average molecular weight is 343 g/mol. The van der Waals surface area contributed by atoms with E-state index in [0.29, 0.717) is 22.7 Å². The lowest BCUT2D eigenvalue weighted by Gasteiger charge is -2.19. The first-order chi connectivity index (χ1) is 11.7. The third kappa shape index (κ3) is 3.09. The molecule has 7 nitrogen and oxygen atoms in total. The number of esters is 1. The minimum atomic E-state index is -0.620. The van der Waals surface area contributed by atoms with Gasteiger partial charge in [0, 0.05) is 7.05 Å². The van der Waals surface area contributed by atoms with Crippen LogP contribution in [0.15, 0.2) is 24.5 Å². The van der Waals surface area contributed by atoms with Crippen LogP contribution in [0, 0.1) is 0 Å². The first-order valence-electron chi connectivity index (χ1n) is 7.94. The van der Waals surface area contributed by atoms with Crippen molar-refractivity contribution in [3.63, 3.8) is 0 Å². The summed E-state index contributed by atoms with van der Waals surface area (Å²) >= 11 is 0. The summed E-state index contributed by atoms with van der Waals surface area (Å²) in [4.78, 5) is 31.0. The van der Waals surface area contributed by atoms with Crippen molar-refractivity contribution < 1.29 is 19.1 Å². The lowest BCUT2D eigenvalue weighted by Crippen LogP contribution is -2.27. The van der Waals surface area contributed by atoms with Crippen LogP contribution >= 0.6 is 0 Å². The minimum Gasteiger partial charge on any atom is -0.497 e. The van der Waals surface area contributed by atoms with E-state index >= 15 is 0 Å². The van der Waals surface area contributed by atoms with E-state index in [-0.39, 0.29) is 18.1 Å². The number of imidazole rings is 1. The van der Waals surface area contributed by atoms with Crippen LogP contribution in [0.2, 0.25) is 0 Å². The molecule has 1 aromatic carbocycles.